The van der Waals surface area contributed by atoms with Crippen molar-refractivity contribution in [2.45, 2.75) is 0 Å². The number of nitrogens with zero attached hydrogens (tertiary/aromatic N) is 3. The number of benzene rings is 1. The van der Waals surface area contributed by atoms with Crippen molar-refractivity contribution in [3.8, 4) is 11.6 Å². The van der Waals surface area contributed by atoms with Gasteiger partial charge in [-0.05, 0) is 22.0 Å². The summed E-state index contributed by atoms with van der Waals surface area (Å²) in [5, 5.41) is 12.1. The van der Waals surface area contributed by atoms with E-state index in [0.29, 0.717) is 20.3 Å². The molecule has 0 aliphatic heterocycles. The number of hydrogen-bond acceptors (Lipinski definition) is 5. The van der Waals surface area contributed by atoms with Crippen LogP contribution in [-0.4, -0.2) is 21.0 Å². The van der Waals surface area contributed by atoms with Crippen LogP contribution in [0.5, 0.6) is 11.6 Å². The third-order valence-corrected chi connectivity index (χ3v) is 3.68. The molecule has 0 saturated carbocycles. The van der Waals surface area contributed by atoms with E-state index in [1.54, 1.807) is 12.1 Å². The Hall–Kier alpha value is -1.57. The second-order valence-electron chi connectivity index (χ2n) is 3.52. The van der Waals surface area contributed by atoms with Gasteiger partial charge in [-0.15, -0.1) is 0 Å². The number of halogens is 3. The van der Waals surface area contributed by atoms with Gasteiger partial charge in [-0.25, -0.2) is 9.97 Å². The molecule has 2 aromatic rings. The summed E-state index contributed by atoms with van der Waals surface area (Å²) in [7, 11) is 0. The predicted molar refractivity (Wildman–Crippen MR) is 78.8 cm³/mol. The molecular weight excluding hydrogens is 371 g/mol. The van der Waals surface area contributed by atoms with Gasteiger partial charge in [-0.1, -0.05) is 28.4 Å². The maximum atomic E-state index is 8.51. The lowest BCUT2D eigenvalue weighted by Gasteiger charge is -2.08. The number of hydrogen-bond donors (Lipinski definition) is 2. The Labute approximate surface area is 132 Å². The fourth-order valence-electron chi connectivity index (χ4n) is 1.25. The largest absolute Gasteiger partial charge is 0.436 e. The van der Waals surface area contributed by atoms with Gasteiger partial charge in [0.25, 0.3) is 0 Å². The molecule has 1 aromatic heterocycles. The SMILES string of the molecule is N/C(=N/O)c1cnc(Oc2cc(Cl)c(Br)cc2Cl)cn1. The normalized spacial score (nSPS) is 11.4. The first-order chi connectivity index (χ1) is 9.51. The molecule has 0 saturated heterocycles. The first-order valence-corrected chi connectivity index (χ1v) is 6.68. The predicted octanol–water partition coefficient (Wildman–Crippen LogP) is 3.43. The van der Waals surface area contributed by atoms with Crippen LogP contribution in [0.25, 0.3) is 0 Å². The minimum absolute atomic E-state index is 0.145. The van der Waals surface area contributed by atoms with Gasteiger partial charge < -0.3 is 15.7 Å². The van der Waals surface area contributed by atoms with Gasteiger partial charge in [0, 0.05) is 10.5 Å². The van der Waals surface area contributed by atoms with Gasteiger partial charge >= 0.3 is 0 Å². The van der Waals surface area contributed by atoms with Crippen molar-refractivity contribution in [3.63, 3.8) is 0 Å². The van der Waals surface area contributed by atoms with Crippen LogP contribution >= 0.6 is 39.1 Å². The van der Waals surface area contributed by atoms with Crippen LogP contribution in [0.2, 0.25) is 10.0 Å². The van der Waals surface area contributed by atoms with Crippen LogP contribution in [0.1, 0.15) is 5.69 Å². The van der Waals surface area contributed by atoms with E-state index in [9.17, 15) is 0 Å². The van der Waals surface area contributed by atoms with Crippen LogP contribution in [0, 0.1) is 0 Å². The highest BCUT2D eigenvalue weighted by Gasteiger charge is 2.09. The smallest absolute Gasteiger partial charge is 0.237 e. The average molecular weight is 378 g/mol. The van der Waals surface area contributed by atoms with Crippen LogP contribution in [0.4, 0.5) is 0 Å². The topological polar surface area (TPSA) is 93.6 Å². The molecule has 9 heteroatoms. The second kappa shape index (κ2) is 6.25. The summed E-state index contributed by atoms with van der Waals surface area (Å²) in [4.78, 5) is 7.89. The number of ether oxygens (including phenoxy) is 1. The standard InChI is InChI=1S/C11H7BrCl2N4O2/c12-5-1-7(14)9(2-6(5)13)20-10-4-16-8(3-17-10)11(15)18-19/h1-4,19H,(H2,15,18). The monoisotopic (exact) mass is 376 g/mol. The Morgan fingerprint density at radius 3 is 2.60 bits per heavy atom. The first kappa shape index (κ1) is 14.8. The lowest BCUT2D eigenvalue weighted by molar-refractivity contribution is 0.318. The van der Waals surface area contributed by atoms with Crippen molar-refractivity contribution in [1.82, 2.24) is 9.97 Å². The first-order valence-electron chi connectivity index (χ1n) is 5.13. The minimum Gasteiger partial charge on any atom is -0.436 e. The van der Waals surface area contributed by atoms with E-state index < -0.39 is 0 Å². The summed E-state index contributed by atoms with van der Waals surface area (Å²) in [6.07, 6.45) is 2.62. The second-order valence-corrected chi connectivity index (χ2v) is 5.19. The molecule has 0 spiro atoms. The Morgan fingerprint density at radius 2 is 2.00 bits per heavy atom. The summed E-state index contributed by atoms with van der Waals surface area (Å²) in [5.74, 6) is 0.388. The van der Waals surface area contributed by atoms with Crippen molar-refractivity contribution >= 4 is 45.0 Å². The Kier molecular flexibility index (Phi) is 4.64. The van der Waals surface area contributed by atoms with Crippen LogP contribution in [0.3, 0.4) is 0 Å². The van der Waals surface area contributed by atoms with Crippen molar-refractivity contribution in [3.05, 3.63) is 44.7 Å². The minimum atomic E-state index is -0.145. The molecular formula is C11H7BrCl2N4O2. The molecule has 1 heterocycles. The van der Waals surface area contributed by atoms with Crippen molar-refractivity contribution < 1.29 is 9.94 Å². The van der Waals surface area contributed by atoms with E-state index in [1.165, 1.54) is 12.4 Å². The highest BCUT2D eigenvalue weighted by Crippen LogP contribution is 2.35. The summed E-state index contributed by atoms with van der Waals surface area (Å²) < 4.78 is 6.12. The molecule has 104 valence electrons. The third kappa shape index (κ3) is 3.30. The lowest BCUT2D eigenvalue weighted by Crippen LogP contribution is -2.15. The molecule has 20 heavy (non-hydrogen) atoms. The maximum Gasteiger partial charge on any atom is 0.237 e. The van der Waals surface area contributed by atoms with E-state index in [2.05, 4.69) is 31.1 Å². The molecule has 1 aromatic carbocycles. The molecule has 0 unspecified atom stereocenters. The maximum absolute atomic E-state index is 8.51. The number of rotatable bonds is 3. The van der Waals surface area contributed by atoms with Crippen LogP contribution in [-0.2, 0) is 0 Å². The van der Waals surface area contributed by atoms with Crippen molar-refractivity contribution in [2.24, 2.45) is 10.9 Å². The summed E-state index contributed by atoms with van der Waals surface area (Å²) in [6.45, 7) is 0. The molecule has 0 fully saturated rings. The number of amidine groups is 1. The fraction of sp³-hybridized carbons (Fsp3) is 0. The number of nitrogens with two attached hydrogens (primary N) is 1. The van der Waals surface area contributed by atoms with Gasteiger partial charge in [0.2, 0.25) is 5.88 Å². The molecule has 0 aliphatic rings. The Morgan fingerprint density at radius 1 is 1.25 bits per heavy atom. The van der Waals surface area contributed by atoms with E-state index in [4.69, 9.17) is 38.9 Å². The summed E-state index contributed by atoms with van der Waals surface area (Å²) in [5.41, 5.74) is 5.59. The molecule has 0 bridgehead atoms. The van der Waals surface area contributed by atoms with Gasteiger partial charge in [0.15, 0.2) is 5.84 Å². The molecule has 6 nitrogen and oxygen atoms in total. The van der Waals surface area contributed by atoms with E-state index in [0.717, 1.165) is 0 Å². The average Bonchev–Trinajstić information content (AvgIpc) is 2.44. The summed E-state index contributed by atoms with van der Waals surface area (Å²) in [6, 6.07) is 3.16. The Balaban J connectivity index is 2.24. The zero-order valence-corrected chi connectivity index (χ0v) is 12.8. The van der Waals surface area contributed by atoms with Crippen LogP contribution in [0.15, 0.2) is 34.2 Å². The van der Waals surface area contributed by atoms with E-state index >= 15 is 0 Å². The fourth-order valence-corrected chi connectivity index (χ4v) is 2.08. The van der Waals surface area contributed by atoms with E-state index in [1.807, 2.05) is 0 Å². The van der Waals surface area contributed by atoms with Gasteiger partial charge in [0.05, 0.1) is 22.4 Å². The van der Waals surface area contributed by atoms with Crippen molar-refractivity contribution in [2.75, 3.05) is 0 Å². The van der Waals surface area contributed by atoms with Gasteiger partial charge in [-0.2, -0.15) is 0 Å². The highest BCUT2D eigenvalue weighted by atomic mass is 79.9. The molecule has 0 radical (unpaired) electrons. The van der Waals surface area contributed by atoms with Crippen molar-refractivity contribution in [1.29, 1.82) is 0 Å². The molecule has 0 atom stereocenters. The van der Waals surface area contributed by atoms with Crippen LogP contribution < -0.4 is 10.5 Å². The van der Waals surface area contributed by atoms with Gasteiger partial charge in [0.1, 0.15) is 11.4 Å². The number of oxime groups is 1. The lowest BCUT2D eigenvalue weighted by atomic mass is 10.3. The molecule has 0 aliphatic carbocycles. The molecule has 3 N–H and O–H groups in total. The Bertz CT molecular complexity index is 664. The summed E-state index contributed by atoms with van der Waals surface area (Å²) >= 11 is 15.2. The molecule has 2 rings (SSSR count). The zero-order valence-electron chi connectivity index (χ0n) is 9.72. The van der Waals surface area contributed by atoms with Gasteiger partial charge in [-0.3, -0.25) is 0 Å². The third-order valence-electron chi connectivity index (χ3n) is 2.19. The van der Waals surface area contributed by atoms with E-state index in [-0.39, 0.29) is 17.4 Å². The highest BCUT2D eigenvalue weighted by molar-refractivity contribution is 9.10. The zero-order chi connectivity index (χ0) is 14.7. The quantitative estimate of drug-likeness (QED) is 0.281. The number of aromatic nitrogens is 2. The molecule has 0 amide bonds.